The molecule has 1 unspecified atom stereocenters. The molecule has 0 aromatic heterocycles. The van der Waals surface area contributed by atoms with E-state index in [1.165, 1.54) is 173 Å². The average Bonchev–Trinajstić information content (AvgIpc) is 3.21. The zero-order chi connectivity index (χ0) is 42.6. The molecule has 6 nitrogen and oxygen atoms in total. The summed E-state index contributed by atoms with van der Waals surface area (Å²) in [6, 6.07) is 0. The van der Waals surface area contributed by atoms with Gasteiger partial charge in [-0.15, -0.1) is 0 Å². The van der Waals surface area contributed by atoms with Crippen molar-refractivity contribution in [2.45, 2.75) is 291 Å². The molecule has 0 spiro atoms. The second kappa shape index (κ2) is 44.9. The molecule has 0 saturated carbocycles. The van der Waals surface area contributed by atoms with Crippen molar-refractivity contribution in [3.05, 3.63) is 0 Å². The van der Waals surface area contributed by atoms with E-state index in [1.807, 2.05) is 0 Å². The highest BCUT2D eigenvalue weighted by atomic mass is 16.6. The highest BCUT2D eigenvalue weighted by molar-refractivity contribution is 5.71. The first kappa shape index (κ1) is 56.4. The molecule has 0 aromatic carbocycles. The molecule has 0 rings (SSSR count). The van der Waals surface area contributed by atoms with Gasteiger partial charge in [-0.2, -0.15) is 0 Å². The lowest BCUT2D eigenvalue weighted by Crippen LogP contribution is -2.30. The minimum atomic E-state index is -0.762. The molecular weight excluding hydrogens is 721 g/mol. The first-order valence-electron chi connectivity index (χ1n) is 25.8. The predicted molar refractivity (Wildman–Crippen MR) is 247 cm³/mol. The molecule has 0 fully saturated rings. The highest BCUT2D eigenvalue weighted by Gasteiger charge is 2.19. The maximum atomic E-state index is 12.8. The molecule has 0 radical (unpaired) electrons. The third kappa shape index (κ3) is 44.0. The van der Waals surface area contributed by atoms with Crippen molar-refractivity contribution in [3.8, 4) is 0 Å². The Balaban J connectivity index is 4.33. The fourth-order valence-electron chi connectivity index (χ4n) is 7.78. The van der Waals surface area contributed by atoms with Crippen LogP contribution in [0.25, 0.3) is 0 Å². The predicted octanol–water partition coefficient (Wildman–Crippen LogP) is 16.5. The van der Waals surface area contributed by atoms with Gasteiger partial charge in [-0.3, -0.25) is 14.4 Å². The molecule has 6 heteroatoms. The SMILES string of the molecule is CCCCCCCCCCCCCCCCC(=O)OC[C@@H](COC(=O)CCCCCCCCCCC(C)CC)OC(=O)CCCCCCCCCCCCCC(C)C. The number of esters is 3. The van der Waals surface area contributed by atoms with Gasteiger partial charge in [-0.25, -0.2) is 0 Å². The van der Waals surface area contributed by atoms with Gasteiger partial charge in [0.25, 0.3) is 0 Å². The van der Waals surface area contributed by atoms with E-state index in [0.29, 0.717) is 19.3 Å². The van der Waals surface area contributed by atoms with Gasteiger partial charge in [0.1, 0.15) is 13.2 Å². The van der Waals surface area contributed by atoms with E-state index in [-0.39, 0.29) is 31.1 Å². The van der Waals surface area contributed by atoms with E-state index in [9.17, 15) is 14.4 Å². The number of rotatable bonds is 46. The average molecular weight is 821 g/mol. The van der Waals surface area contributed by atoms with Crippen LogP contribution in [0.15, 0.2) is 0 Å². The number of ether oxygens (including phenoxy) is 3. The normalized spacial score (nSPS) is 12.5. The molecule has 0 amide bonds. The number of hydrogen-bond acceptors (Lipinski definition) is 6. The van der Waals surface area contributed by atoms with Gasteiger partial charge in [0, 0.05) is 19.3 Å². The lowest BCUT2D eigenvalue weighted by Gasteiger charge is -2.18. The van der Waals surface area contributed by atoms with Crippen LogP contribution in [0.2, 0.25) is 0 Å². The summed E-state index contributed by atoms with van der Waals surface area (Å²) in [5, 5.41) is 0. The number of carbonyl (C=O) groups is 3. The van der Waals surface area contributed by atoms with E-state index in [4.69, 9.17) is 14.2 Å². The maximum Gasteiger partial charge on any atom is 0.306 e. The minimum Gasteiger partial charge on any atom is -0.462 e. The lowest BCUT2D eigenvalue weighted by molar-refractivity contribution is -0.167. The van der Waals surface area contributed by atoms with Crippen LogP contribution in [-0.2, 0) is 28.6 Å². The molecule has 0 N–H and O–H groups in total. The summed E-state index contributed by atoms with van der Waals surface area (Å²) in [6.07, 6.45) is 45.1. The van der Waals surface area contributed by atoms with Crippen LogP contribution in [0.4, 0.5) is 0 Å². The van der Waals surface area contributed by atoms with E-state index < -0.39 is 6.10 Å². The van der Waals surface area contributed by atoms with Crippen LogP contribution in [0, 0.1) is 11.8 Å². The number of carbonyl (C=O) groups excluding carboxylic acids is 3. The van der Waals surface area contributed by atoms with Gasteiger partial charge < -0.3 is 14.2 Å². The van der Waals surface area contributed by atoms with Gasteiger partial charge in [-0.1, -0.05) is 247 Å². The fourth-order valence-corrected chi connectivity index (χ4v) is 7.78. The van der Waals surface area contributed by atoms with Gasteiger partial charge in [0.2, 0.25) is 0 Å². The topological polar surface area (TPSA) is 78.9 Å². The van der Waals surface area contributed by atoms with E-state index in [2.05, 4.69) is 34.6 Å². The van der Waals surface area contributed by atoms with Crippen molar-refractivity contribution in [3.63, 3.8) is 0 Å². The first-order chi connectivity index (χ1) is 28.3. The summed E-state index contributed by atoms with van der Waals surface area (Å²) < 4.78 is 16.8. The van der Waals surface area contributed by atoms with Crippen molar-refractivity contribution in [2.75, 3.05) is 13.2 Å². The van der Waals surface area contributed by atoms with Crippen molar-refractivity contribution in [1.82, 2.24) is 0 Å². The van der Waals surface area contributed by atoms with Crippen LogP contribution < -0.4 is 0 Å². The summed E-state index contributed by atoms with van der Waals surface area (Å²) in [5.41, 5.74) is 0. The molecule has 344 valence electrons. The van der Waals surface area contributed by atoms with Crippen LogP contribution in [0.5, 0.6) is 0 Å². The molecule has 58 heavy (non-hydrogen) atoms. The van der Waals surface area contributed by atoms with Gasteiger partial charge in [-0.05, 0) is 31.1 Å². The molecular formula is C52H100O6. The molecule has 0 heterocycles. The van der Waals surface area contributed by atoms with Crippen molar-refractivity contribution >= 4 is 17.9 Å². The van der Waals surface area contributed by atoms with Crippen molar-refractivity contribution in [1.29, 1.82) is 0 Å². The quantitative estimate of drug-likeness (QED) is 0.0346. The maximum absolute atomic E-state index is 12.8. The second-order valence-electron chi connectivity index (χ2n) is 18.5. The summed E-state index contributed by atoms with van der Waals surface area (Å²) in [7, 11) is 0. The summed E-state index contributed by atoms with van der Waals surface area (Å²) >= 11 is 0. The number of hydrogen-bond donors (Lipinski definition) is 0. The summed E-state index contributed by atoms with van der Waals surface area (Å²) in [5.74, 6) is 0.823. The Bertz CT molecular complexity index is 887. The molecule has 0 bridgehead atoms. The van der Waals surface area contributed by atoms with Crippen molar-refractivity contribution in [2.24, 2.45) is 11.8 Å². The zero-order valence-corrected chi connectivity index (χ0v) is 39.7. The van der Waals surface area contributed by atoms with E-state index in [1.54, 1.807) is 0 Å². The van der Waals surface area contributed by atoms with E-state index >= 15 is 0 Å². The smallest absolute Gasteiger partial charge is 0.306 e. The van der Waals surface area contributed by atoms with Crippen molar-refractivity contribution < 1.29 is 28.6 Å². The largest absolute Gasteiger partial charge is 0.462 e. The molecule has 2 atom stereocenters. The summed E-state index contributed by atoms with van der Waals surface area (Å²) in [4.78, 5) is 37.9. The third-order valence-electron chi connectivity index (χ3n) is 12.1. The molecule has 0 aromatic rings. The Morgan fingerprint density at radius 2 is 0.655 bits per heavy atom. The summed E-state index contributed by atoms with van der Waals surface area (Å²) in [6.45, 7) is 11.4. The highest BCUT2D eigenvalue weighted by Crippen LogP contribution is 2.18. The monoisotopic (exact) mass is 821 g/mol. The first-order valence-corrected chi connectivity index (χ1v) is 25.8. The van der Waals surface area contributed by atoms with E-state index in [0.717, 1.165) is 69.6 Å². The standard InChI is InChI=1S/C52H100O6/c1-6-8-9-10-11-12-13-14-15-18-21-27-32-37-42-50(53)56-45-49(46-57-51(54)43-38-33-28-24-23-26-31-36-41-48(5)7-2)58-52(55)44-39-34-29-22-19-16-17-20-25-30-35-40-47(3)4/h47-49H,6-46H2,1-5H3/t48?,49-/m0/s1. The van der Waals surface area contributed by atoms with Crippen LogP contribution in [0.1, 0.15) is 285 Å². The Kier molecular flexibility index (Phi) is 43.7. The molecule has 0 aliphatic heterocycles. The lowest BCUT2D eigenvalue weighted by atomic mass is 9.99. The van der Waals surface area contributed by atoms with Crippen LogP contribution in [0.3, 0.4) is 0 Å². The minimum absolute atomic E-state index is 0.0639. The third-order valence-corrected chi connectivity index (χ3v) is 12.1. The molecule has 0 aliphatic carbocycles. The Labute approximate surface area is 361 Å². The number of unbranched alkanes of at least 4 members (excludes halogenated alkanes) is 30. The van der Waals surface area contributed by atoms with Crippen LogP contribution >= 0.6 is 0 Å². The Morgan fingerprint density at radius 3 is 0.983 bits per heavy atom. The molecule has 0 aliphatic rings. The Hall–Kier alpha value is -1.59. The van der Waals surface area contributed by atoms with Gasteiger partial charge in [0.15, 0.2) is 6.10 Å². The van der Waals surface area contributed by atoms with Gasteiger partial charge >= 0.3 is 17.9 Å². The fraction of sp³-hybridized carbons (Fsp3) is 0.942. The Morgan fingerprint density at radius 1 is 0.362 bits per heavy atom. The zero-order valence-electron chi connectivity index (χ0n) is 39.7. The van der Waals surface area contributed by atoms with Gasteiger partial charge in [0.05, 0.1) is 0 Å². The molecule has 0 saturated heterocycles. The second-order valence-corrected chi connectivity index (χ2v) is 18.5. The van der Waals surface area contributed by atoms with Crippen LogP contribution in [-0.4, -0.2) is 37.2 Å².